The number of anilines is 1. The maximum absolute atomic E-state index is 13.5. The van der Waals surface area contributed by atoms with Crippen LogP contribution in [0, 0.1) is 5.82 Å². The van der Waals surface area contributed by atoms with Gasteiger partial charge in [0.2, 0.25) is 5.78 Å². The second-order valence-corrected chi connectivity index (χ2v) is 4.14. The highest BCUT2D eigenvalue weighted by Crippen LogP contribution is 2.25. The van der Waals surface area contributed by atoms with Crippen LogP contribution >= 0.6 is 15.9 Å². The highest BCUT2D eigenvalue weighted by atomic mass is 79.9. The predicted octanol–water partition coefficient (Wildman–Crippen LogP) is 1.89. The molecular formula is C10H7BrFNO2. The lowest BCUT2D eigenvalue weighted by Gasteiger charge is -2.15. The van der Waals surface area contributed by atoms with Crippen molar-refractivity contribution < 1.29 is 14.0 Å². The molecule has 1 amide bonds. The fourth-order valence-corrected chi connectivity index (χ4v) is 1.84. The molecule has 0 spiro atoms. The van der Waals surface area contributed by atoms with Crippen LogP contribution in [-0.4, -0.2) is 18.2 Å². The Morgan fingerprint density at radius 3 is 2.60 bits per heavy atom. The number of carbonyl (C=O) groups is 2. The van der Waals surface area contributed by atoms with Crippen LogP contribution in [0.25, 0.3) is 0 Å². The van der Waals surface area contributed by atoms with Crippen LogP contribution in [0.1, 0.15) is 6.42 Å². The van der Waals surface area contributed by atoms with Crippen molar-refractivity contribution in [3.8, 4) is 0 Å². The normalized spacial score (nSPS) is 16.3. The summed E-state index contributed by atoms with van der Waals surface area (Å²) in [6.45, 7) is 0.260. The van der Waals surface area contributed by atoms with Gasteiger partial charge >= 0.3 is 0 Å². The summed E-state index contributed by atoms with van der Waals surface area (Å²) in [5.41, 5.74) is 0.161. The molecule has 0 aliphatic carbocycles. The SMILES string of the molecule is O=C1CCN(c2ccc(Br)cc2F)C1=O. The first-order valence-corrected chi connectivity index (χ1v) is 5.18. The molecule has 3 nitrogen and oxygen atoms in total. The van der Waals surface area contributed by atoms with Gasteiger partial charge in [-0.25, -0.2) is 4.39 Å². The van der Waals surface area contributed by atoms with Gasteiger partial charge in [-0.2, -0.15) is 0 Å². The van der Waals surface area contributed by atoms with Gasteiger partial charge in [-0.05, 0) is 18.2 Å². The number of amides is 1. The van der Waals surface area contributed by atoms with Crippen molar-refractivity contribution in [3.05, 3.63) is 28.5 Å². The Bertz CT molecular complexity index is 447. The van der Waals surface area contributed by atoms with E-state index in [9.17, 15) is 14.0 Å². The molecule has 78 valence electrons. The van der Waals surface area contributed by atoms with Crippen molar-refractivity contribution in [2.24, 2.45) is 0 Å². The van der Waals surface area contributed by atoms with Crippen LogP contribution in [0.15, 0.2) is 22.7 Å². The highest BCUT2D eigenvalue weighted by Gasteiger charge is 2.31. The van der Waals surface area contributed by atoms with E-state index in [2.05, 4.69) is 15.9 Å². The first kappa shape index (κ1) is 10.3. The smallest absolute Gasteiger partial charge is 0.294 e. The van der Waals surface area contributed by atoms with Crippen LogP contribution in [0.4, 0.5) is 10.1 Å². The van der Waals surface area contributed by atoms with Gasteiger partial charge in [-0.1, -0.05) is 15.9 Å². The van der Waals surface area contributed by atoms with Crippen LogP contribution in [0.2, 0.25) is 0 Å². The van der Waals surface area contributed by atoms with Gasteiger partial charge in [0.15, 0.2) is 0 Å². The van der Waals surface area contributed by atoms with E-state index in [0.717, 1.165) is 0 Å². The van der Waals surface area contributed by atoms with Crippen LogP contribution in [-0.2, 0) is 9.59 Å². The molecule has 0 unspecified atom stereocenters. The van der Waals surface area contributed by atoms with Gasteiger partial charge in [0.25, 0.3) is 5.91 Å². The van der Waals surface area contributed by atoms with E-state index in [1.165, 1.54) is 17.0 Å². The summed E-state index contributed by atoms with van der Waals surface area (Å²) in [6.07, 6.45) is 0.161. The first-order valence-electron chi connectivity index (χ1n) is 4.39. The zero-order valence-corrected chi connectivity index (χ0v) is 9.25. The van der Waals surface area contributed by atoms with E-state index in [1.807, 2.05) is 0 Å². The Morgan fingerprint density at radius 2 is 2.07 bits per heavy atom. The minimum absolute atomic E-state index is 0.161. The van der Waals surface area contributed by atoms with E-state index >= 15 is 0 Å². The molecule has 5 heteroatoms. The summed E-state index contributed by atoms with van der Waals surface area (Å²) in [6, 6.07) is 4.38. The molecule has 0 aromatic heterocycles. The number of carbonyl (C=O) groups excluding carboxylic acids is 2. The zero-order chi connectivity index (χ0) is 11.0. The maximum atomic E-state index is 13.5. The molecule has 0 N–H and O–H groups in total. The average Bonchev–Trinajstić information content (AvgIpc) is 2.49. The fraction of sp³-hybridized carbons (Fsp3) is 0.200. The quantitative estimate of drug-likeness (QED) is 0.732. The lowest BCUT2D eigenvalue weighted by atomic mass is 10.3. The lowest BCUT2D eigenvalue weighted by molar-refractivity contribution is -0.133. The van der Waals surface area contributed by atoms with E-state index in [0.29, 0.717) is 4.47 Å². The Morgan fingerprint density at radius 1 is 1.33 bits per heavy atom. The van der Waals surface area contributed by atoms with E-state index in [-0.39, 0.29) is 18.7 Å². The maximum Gasteiger partial charge on any atom is 0.294 e. The molecule has 2 rings (SSSR count). The largest absolute Gasteiger partial charge is 0.303 e. The lowest BCUT2D eigenvalue weighted by Crippen LogP contribution is -2.27. The predicted molar refractivity (Wildman–Crippen MR) is 56.1 cm³/mol. The monoisotopic (exact) mass is 271 g/mol. The number of ketones is 1. The van der Waals surface area contributed by atoms with Crippen molar-refractivity contribution in [3.63, 3.8) is 0 Å². The van der Waals surface area contributed by atoms with Crippen molar-refractivity contribution in [1.82, 2.24) is 0 Å². The second-order valence-electron chi connectivity index (χ2n) is 3.23. The summed E-state index contributed by atoms with van der Waals surface area (Å²) >= 11 is 3.12. The molecule has 0 saturated carbocycles. The molecule has 1 aliphatic heterocycles. The minimum atomic E-state index is -0.628. The Balaban J connectivity index is 2.38. The van der Waals surface area contributed by atoms with Crippen molar-refractivity contribution in [2.75, 3.05) is 11.4 Å². The standard InChI is InChI=1S/C10H7BrFNO2/c11-6-1-2-8(7(12)5-6)13-4-3-9(14)10(13)15/h1-2,5H,3-4H2. The van der Waals surface area contributed by atoms with Crippen LogP contribution < -0.4 is 4.90 Å². The van der Waals surface area contributed by atoms with Gasteiger partial charge in [0, 0.05) is 17.4 Å². The molecule has 0 radical (unpaired) electrons. The molecule has 1 aromatic carbocycles. The molecule has 15 heavy (non-hydrogen) atoms. The number of rotatable bonds is 1. The topological polar surface area (TPSA) is 37.4 Å². The molecule has 0 atom stereocenters. The second kappa shape index (κ2) is 3.73. The summed E-state index contributed by atoms with van der Waals surface area (Å²) in [5, 5.41) is 0. The van der Waals surface area contributed by atoms with Gasteiger partial charge < -0.3 is 4.90 Å². The third kappa shape index (κ3) is 1.79. The minimum Gasteiger partial charge on any atom is -0.303 e. The van der Waals surface area contributed by atoms with Crippen LogP contribution in [0.5, 0.6) is 0 Å². The van der Waals surface area contributed by atoms with E-state index < -0.39 is 17.5 Å². The molecule has 1 aliphatic rings. The van der Waals surface area contributed by atoms with Gasteiger partial charge in [-0.3, -0.25) is 9.59 Å². The van der Waals surface area contributed by atoms with E-state index in [1.54, 1.807) is 6.07 Å². The average molecular weight is 272 g/mol. The molecule has 0 bridgehead atoms. The number of nitrogens with zero attached hydrogens (tertiary/aromatic N) is 1. The van der Waals surface area contributed by atoms with E-state index in [4.69, 9.17) is 0 Å². The molecular weight excluding hydrogens is 265 g/mol. The molecule has 1 aromatic rings. The first-order chi connectivity index (χ1) is 7.09. The number of benzene rings is 1. The third-order valence-electron chi connectivity index (χ3n) is 2.25. The number of halogens is 2. The highest BCUT2D eigenvalue weighted by molar-refractivity contribution is 9.10. The fourth-order valence-electron chi connectivity index (χ4n) is 1.50. The Hall–Kier alpha value is -1.23. The molecule has 1 saturated heterocycles. The summed E-state index contributed by atoms with van der Waals surface area (Å²) in [4.78, 5) is 23.5. The molecule has 1 fully saturated rings. The number of hydrogen-bond acceptors (Lipinski definition) is 2. The summed E-state index contributed by atoms with van der Waals surface area (Å²) < 4.78 is 14.1. The molecule has 1 heterocycles. The zero-order valence-electron chi connectivity index (χ0n) is 7.67. The van der Waals surface area contributed by atoms with Gasteiger partial charge in [-0.15, -0.1) is 0 Å². The number of Topliss-reactive ketones (excluding diaryl/α,β-unsaturated/α-hetero) is 1. The Labute approximate surface area is 94.0 Å². The summed E-state index contributed by atoms with van der Waals surface area (Å²) in [7, 11) is 0. The van der Waals surface area contributed by atoms with Crippen molar-refractivity contribution in [2.45, 2.75) is 6.42 Å². The summed E-state index contributed by atoms with van der Waals surface area (Å²) in [5.74, 6) is -1.60. The van der Waals surface area contributed by atoms with Crippen LogP contribution in [0.3, 0.4) is 0 Å². The van der Waals surface area contributed by atoms with Gasteiger partial charge in [0.05, 0.1) is 5.69 Å². The number of hydrogen-bond donors (Lipinski definition) is 0. The third-order valence-corrected chi connectivity index (χ3v) is 2.74. The Kier molecular flexibility index (Phi) is 2.56. The van der Waals surface area contributed by atoms with Crippen molar-refractivity contribution in [1.29, 1.82) is 0 Å². The van der Waals surface area contributed by atoms with Crippen molar-refractivity contribution >= 4 is 33.3 Å². The van der Waals surface area contributed by atoms with Gasteiger partial charge in [0.1, 0.15) is 5.82 Å².